The van der Waals surface area contributed by atoms with Crippen LogP contribution in [0.3, 0.4) is 0 Å². The molecule has 2 saturated heterocycles. The number of halogens is 1. The van der Waals surface area contributed by atoms with Gasteiger partial charge >= 0.3 is 0 Å². The molecule has 4 heterocycles. The van der Waals surface area contributed by atoms with Crippen molar-refractivity contribution >= 4 is 38.7 Å². The number of likely N-dealkylation sites (N-methyl/N-ethyl adjacent to an activating group) is 1. The average molecular weight is 588 g/mol. The number of allylic oxidation sites excluding steroid dienone is 1. The molecule has 0 radical (unpaired) electrons. The van der Waals surface area contributed by atoms with E-state index in [1.54, 1.807) is 24.6 Å². The Morgan fingerprint density at radius 2 is 1.98 bits per heavy atom. The van der Waals surface area contributed by atoms with Gasteiger partial charge in [-0.2, -0.15) is 5.26 Å². The first-order valence-corrected chi connectivity index (χ1v) is 16.1. The zero-order chi connectivity index (χ0) is 29.5. The van der Waals surface area contributed by atoms with Crippen LogP contribution in [0.5, 0.6) is 0 Å². The molecule has 3 aromatic rings. The summed E-state index contributed by atoms with van der Waals surface area (Å²) < 4.78 is 15.7. The zero-order valence-corrected chi connectivity index (χ0v) is 25.9. The molecule has 1 spiro atoms. The van der Waals surface area contributed by atoms with Gasteiger partial charge in [0.25, 0.3) is 0 Å². The summed E-state index contributed by atoms with van der Waals surface area (Å²) in [5.74, 6) is 0.981. The topological polar surface area (TPSA) is 71.3 Å². The summed E-state index contributed by atoms with van der Waals surface area (Å²) in [5, 5.41) is 14.5. The quantitative estimate of drug-likeness (QED) is 0.290. The molecule has 3 fully saturated rings. The Bertz CT molecular complexity index is 1500. The Kier molecular flexibility index (Phi) is 7.88. The summed E-state index contributed by atoms with van der Waals surface area (Å²) in [6.45, 7) is 13.6. The summed E-state index contributed by atoms with van der Waals surface area (Å²) in [6.07, 6.45) is 6.66. The number of hydrogen-bond donors (Lipinski definition) is 1. The minimum absolute atomic E-state index is 0.288. The number of benzene rings is 1. The fourth-order valence-corrected chi connectivity index (χ4v) is 8.24. The van der Waals surface area contributed by atoms with Gasteiger partial charge in [0.2, 0.25) is 0 Å². The lowest BCUT2D eigenvalue weighted by atomic mass is 9.65. The number of nitrogens with one attached hydrogen (secondary N) is 1. The van der Waals surface area contributed by atoms with E-state index in [0.29, 0.717) is 24.5 Å². The van der Waals surface area contributed by atoms with Crippen LogP contribution in [0.4, 0.5) is 21.6 Å². The second kappa shape index (κ2) is 11.5. The van der Waals surface area contributed by atoms with E-state index in [4.69, 9.17) is 4.98 Å². The highest BCUT2D eigenvalue weighted by atomic mass is 32.1. The van der Waals surface area contributed by atoms with Crippen molar-refractivity contribution in [3.63, 3.8) is 0 Å². The lowest BCUT2D eigenvalue weighted by Crippen LogP contribution is -2.47. The molecule has 3 aliphatic rings. The lowest BCUT2D eigenvalue weighted by Gasteiger charge is -2.46. The number of anilines is 3. The Morgan fingerprint density at radius 3 is 2.69 bits per heavy atom. The van der Waals surface area contributed by atoms with Crippen molar-refractivity contribution in [2.45, 2.75) is 64.1 Å². The first-order chi connectivity index (χ1) is 20.2. The number of aromatic nitrogens is 2. The van der Waals surface area contributed by atoms with Gasteiger partial charge < -0.3 is 20.0 Å². The molecule has 1 aliphatic carbocycles. The van der Waals surface area contributed by atoms with Crippen LogP contribution in [0.15, 0.2) is 42.7 Å². The van der Waals surface area contributed by atoms with Gasteiger partial charge in [0.05, 0.1) is 16.6 Å². The Balaban J connectivity index is 1.11. The molecule has 0 bridgehead atoms. The van der Waals surface area contributed by atoms with Crippen LogP contribution in [-0.4, -0.2) is 72.9 Å². The van der Waals surface area contributed by atoms with E-state index < -0.39 is 5.67 Å². The van der Waals surface area contributed by atoms with Crippen LogP contribution >= 0.6 is 11.3 Å². The summed E-state index contributed by atoms with van der Waals surface area (Å²) in [6, 6.07) is 11.1. The maximum atomic E-state index is 15.7. The van der Waals surface area contributed by atoms with Gasteiger partial charge in [-0.15, -0.1) is 11.3 Å². The van der Waals surface area contributed by atoms with Gasteiger partial charge in [-0.05, 0) is 74.9 Å². The normalized spacial score (nSPS) is 24.0. The molecule has 42 heavy (non-hydrogen) atoms. The molecule has 1 aromatic carbocycles. The van der Waals surface area contributed by atoms with Crippen molar-refractivity contribution in [2.24, 2.45) is 5.41 Å². The van der Waals surface area contributed by atoms with Crippen molar-refractivity contribution in [3.05, 3.63) is 53.2 Å². The fourth-order valence-electron chi connectivity index (χ4n) is 7.15. The number of rotatable bonds is 9. The average Bonchev–Trinajstić information content (AvgIpc) is 3.58. The molecule has 9 heteroatoms. The minimum atomic E-state index is -1.38. The van der Waals surface area contributed by atoms with Crippen molar-refractivity contribution < 1.29 is 4.39 Å². The molecule has 1 saturated carbocycles. The predicted molar refractivity (Wildman–Crippen MR) is 171 cm³/mol. The van der Waals surface area contributed by atoms with E-state index in [1.165, 1.54) is 0 Å². The van der Waals surface area contributed by atoms with Gasteiger partial charge in [0.15, 0.2) is 0 Å². The number of nitrogens with zero attached hydrogens (tertiary/aromatic N) is 6. The third kappa shape index (κ3) is 5.59. The molecule has 222 valence electrons. The highest BCUT2D eigenvalue weighted by molar-refractivity contribution is 7.18. The van der Waals surface area contributed by atoms with Gasteiger partial charge in [-0.25, -0.2) is 14.4 Å². The highest BCUT2D eigenvalue weighted by Crippen LogP contribution is 2.50. The Hall–Kier alpha value is -3.22. The van der Waals surface area contributed by atoms with Crippen LogP contribution in [0.1, 0.15) is 56.4 Å². The summed E-state index contributed by atoms with van der Waals surface area (Å²) in [7, 11) is 2.15. The standard InChI is InChI=1S/C33H42FN7S/c1-5-8-33(34,23(2)3)19-27-16-28-30(36-22-37-31(28)42-27)41-10-9-32(21-41)17-26(18-32)38-25-7-6-24(20-35)29(15-25)40-13-11-39(4)12-14-40/h6-7,15-16,22,26,38H,2,5,8-14,17-19,21H2,1,3-4H3. The number of alkyl halides is 1. The number of piperazine rings is 1. The highest BCUT2D eigenvalue weighted by Gasteiger charge is 2.49. The van der Waals surface area contributed by atoms with E-state index >= 15 is 4.39 Å². The summed E-state index contributed by atoms with van der Waals surface area (Å²) >= 11 is 1.58. The van der Waals surface area contributed by atoms with Crippen LogP contribution in [0, 0.1) is 16.7 Å². The van der Waals surface area contributed by atoms with E-state index in [9.17, 15) is 5.26 Å². The summed E-state index contributed by atoms with van der Waals surface area (Å²) in [5.41, 5.74) is 2.39. The van der Waals surface area contributed by atoms with E-state index in [1.807, 2.05) is 13.0 Å². The number of hydrogen-bond acceptors (Lipinski definition) is 8. The first-order valence-electron chi connectivity index (χ1n) is 15.3. The minimum Gasteiger partial charge on any atom is -0.382 e. The van der Waals surface area contributed by atoms with E-state index in [2.05, 4.69) is 62.9 Å². The predicted octanol–water partition coefficient (Wildman–Crippen LogP) is 6.41. The number of thiophene rings is 1. The second-order valence-corrected chi connectivity index (χ2v) is 14.0. The fraction of sp³-hybridized carbons (Fsp3) is 0.545. The van der Waals surface area contributed by atoms with Crippen molar-refractivity contribution in [3.8, 4) is 6.07 Å². The van der Waals surface area contributed by atoms with E-state index in [0.717, 1.165) is 103 Å². The molecular formula is C33H42FN7S. The molecule has 7 nitrogen and oxygen atoms in total. The maximum absolute atomic E-state index is 15.7. The van der Waals surface area contributed by atoms with Crippen LogP contribution < -0.4 is 15.1 Å². The Labute approximate surface area is 253 Å². The van der Waals surface area contributed by atoms with E-state index in [-0.39, 0.29) is 5.41 Å². The van der Waals surface area contributed by atoms with Gasteiger partial charge in [0.1, 0.15) is 28.7 Å². The maximum Gasteiger partial charge on any atom is 0.140 e. The van der Waals surface area contributed by atoms with Crippen LogP contribution in [0.2, 0.25) is 0 Å². The smallest absolute Gasteiger partial charge is 0.140 e. The molecule has 6 rings (SSSR count). The summed E-state index contributed by atoms with van der Waals surface area (Å²) in [4.78, 5) is 18.3. The van der Waals surface area contributed by atoms with Gasteiger partial charge in [-0.1, -0.05) is 19.9 Å². The van der Waals surface area contributed by atoms with Gasteiger partial charge in [0, 0.05) is 62.3 Å². The monoisotopic (exact) mass is 587 g/mol. The van der Waals surface area contributed by atoms with Gasteiger partial charge in [-0.3, -0.25) is 0 Å². The SMILES string of the molecule is C=C(C)C(F)(CCC)Cc1cc2c(N3CCC4(CC(Nc5ccc(C#N)c(N6CCN(C)CC6)c5)C4)C3)ncnc2s1. The molecular weight excluding hydrogens is 545 g/mol. The van der Waals surface area contributed by atoms with Crippen LogP contribution in [-0.2, 0) is 6.42 Å². The van der Waals surface area contributed by atoms with Crippen molar-refractivity contribution in [1.82, 2.24) is 14.9 Å². The largest absolute Gasteiger partial charge is 0.382 e. The second-order valence-electron chi connectivity index (χ2n) is 12.9. The first kappa shape index (κ1) is 28.9. The molecule has 2 aromatic heterocycles. The molecule has 0 amide bonds. The molecule has 1 atom stereocenters. The third-order valence-electron chi connectivity index (χ3n) is 9.65. The van der Waals surface area contributed by atoms with Crippen molar-refractivity contribution in [1.29, 1.82) is 5.26 Å². The molecule has 2 aliphatic heterocycles. The zero-order valence-electron chi connectivity index (χ0n) is 25.1. The molecule has 1 unspecified atom stereocenters. The molecule has 1 N–H and O–H groups in total. The third-order valence-corrected chi connectivity index (χ3v) is 10.7. The van der Waals surface area contributed by atoms with Crippen molar-refractivity contribution in [2.75, 3.05) is 61.4 Å². The Morgan fingerprint density at radius 1 is 1.19 bits per heavy atom. The number of nitriles is 1. The van der Waals surface area contributed by atoms with Crippen LogP contribution in [0.25, 0.3) is 10.2 Å². The lowest BCUT2D eigenvalue weighted by molar-refractivity contribution is 0.144. The number of fused-ring (bicyclic) bond motifs is 1.